The van der Waals surface area contributed by atoms with E-state index >= 15 is 0 Å². The predicted octanol–water partition coefficient (Wildman–Crippen LogP) is 0.0420. The van der Waals surface area contributed by atoms with Gasteiger partial charge >= 0.3 is 0 Å². The molecule has 1 aliphatic rings. The van der Waals surface area contributed by atoms with Crippen LogP contribution in [0.1, 0.15) is 6.42 Å². The van der Waals surface area contributed by atoms with E-state index < -0.39 is 0 Å². The Balaban J connectivity index is 2.46. The monoisotopic (exact) mass is 143 g/mol. The van der Waals surface area contributed by atoms with Crippen LogP contribution in [0.4, 0.5) is 0 Å². The molecule has 4 nitrogen and oxygen atoms in total. The number of hydrogen-bond acceptors (Lipinski definition) is 3. The summed E-state index contributed by atoms with van der Waals surface area (Å²) < 4.78 is 4.85. The number of carbonyl (C=O) groups is 1. The van der Waals surface area contributed by atoms with E-state index in [2.05, 4.69) is 0 Å². The van der Waals surface area contributed by atoms with E-state index in [1.807, 2.05) is 0 Å². The van der Waals surface area contributed by atoms with Gasteiger partial charge < -0.3 is 4.74 Å². The molecule has 2 N–H and O–H groups in total. The van der Waals surface area contributed by atoms with Gasteiger partial charge in [-0.2, -0.15) is 0 Å². The van der Waals surface area contributed by atoms with E-state index in [4.69, 9.17) is 9.94 Å². The van der Waals surface area contributed by atoms with Gasteiger partial charge in [0.1, 0.15) is 0 Å². The molecule has 1 atom stereocenters. The Morgan fingerprint density at radius 2 is 2.60 bits per heavy atom. The minimum absolute atomic E-state index is 0.237. The van der Waals surface area contributed by atoms with Crippen LogP contribution >= 0.6 is 0 Å². The highest BCUT2D eigenvalue weighted by molar-refractivity contribution is 5.79. The fourth-order valence-corrected chi connectivity index (χ4v) is 0.811. The van der Waals surface area contributed by atoms with Gasteiger partial charge in [0.2, 0.25) is 0 Å². The highest BCUT2D eigenvalue weighted by Gasteiger charge is 2.16. The Morgan fingerprint density at radius 3 is 3.10 bits per heavy atom. The third kappa shape index (κ3) is 1.48. The molecule has 0 bridgehead atoms. The molecule has 56 valence electrons. The molecule has 0 saturated heterocycles. The Kier molecular flexibility index (Phi) is 2.28. The maximum atomic E-state index is 10.7. The third-order valence-electron chi connectivity index (χ3n) is 1.40. The molecule has 0 aromatic heterocycles. The van der Waals surface area contributed by atoms with E-state index in [-0.39, 0.29) is 11.8 Å². The van der Waals surface area contributed by atoms with Crippen LogP contribution in [0.2, 0.25) is 0 Å². The minimum Gasteiger partial charge on any atom is -0.501 e. The van der Waals surface area contributed by atoms with E-state index in [9.17, 15) is 4.79 Å². The number of amides is 1. The van der Waals surface area contributed by atoms with Crippen LogP contribution in [0.3, 0.4) is 0 Å². The van der Waals surface area contributed by atoms with Crippen LogP contribution in [-0.2, 0) is 9.53 Å². The Morgan fingerprint density at radius 1 is 1.80 bits per heavy atom. The quantitative estimate of drug-likeness (QED) is 0.402. The maximum absolute atomic E-state index is 10.7. The summed E-state index contributed by atoms with van der Waals surface area (Å²) in [5.74, 6) is -0.613. The Labute approximate surface area is 58.4 Å². The molecule has 4 heteroatoms. The second-order valence-electron chi connectivity index (χ2n) is 2.07. The summed E-state index contributed by atoms with van der Waals surface area (Å²) in [4.78, 5) is 10.7. The molecule has 0 saturated carbocycles. The molecule has 0 aromatic carbocycles. The van der Waals surface area contributed by atoms with Gasteiger partial charge in [0.25, 0.3) is 5.91 Å². The molecule has 0 fully saturated rings. The molecule has 1 unspecified atom stereocenters. The second kappa shape index (κ2) is 3.22. The van der Waals surface area contributed by atoms with Crippen LogP contribution in [0.5, 0.6) is 0 Å². The molecule has 10 heavy (non-hydrogen) atoms. The summed E-state index contributed by atoms with van der Waals surface area (Å²) >= 11 is 0. The smallest absolute Gasteiger partial charge is 0.250 e. The molecule has 0 spiro atoms. The zero-order valence-electron chi connectivity index (χ0n) is 5.41. The van der Waals surface area contributed by atoms with Crippen LogP contribution in [-0.4, -0.2) is 17.7 Å². The first-order chi connectivity index (χ1) is 4.84. The molecular formula is C6H9NO3. The zero-order valence-corrected chi connectivity index (χ0v) is 5.41. The van der Waals surface area contributed by atoms with Gasteiger partial charge in [-0.05, 0) is 12.5 Å². The largest absolute Gasteiger partial charge is 0.501 e. The van der Waals surface area contributed by atoms with Crippen molar-refractivity contribution in [1.29, 1.82) is 0 Å². The Hall–Kier alpha value is -1.03. The number of hydrogen-bond donors (Lipinski definition) is 2. The summed E-state index contributed by atoms with van der Waals surface area (Å²) in [6.07, 6.45) is 3.72. The first kappa shape index (κ1) is 7.08. The molecule has 1 aliphatic heterocycles. The van der Waals surface area contributed by atoms with Crippen molar-refractivity contribution in [2.75, 3.05) is 6.61 Å². The minimum atomic E-state index is -0.375. The summed E-state index contributed by atoms with van der Waals surface area (Å²) in [5, 5.41) is 8.21. The van der Waals surface area contributed by atoms with Crippen molar-refractivity contribution in [3.63, 3.8) is 0 Å². The first-order valence-electron chi connectivity index (χ1n) is 3.07. The van der Waals surface area contributed by atoms with E-state index in [1.54, 1.807) is 11.6 Å². The average Bonchev–Trinajstić information content (AvgIpc) is 2.05. The third-order valence-corrected chi connectivity index (χ3v) is 1.40. The topological polar surface area (TPSA) is 58.6 Å². The molecule has 1 heterocycles. The van der Waals surface area contributed by atoms with Crippen LogP contribution in [0.25, 0.3) is 0 Å². The fraction of sp³-hybridized carbons (Fsp3) is 0.500. The normalized spacial score (nSPS) is 23.5. The number of nitrogens with one attached hydrogen (secondary N) is 1. The van der Waals surface area contributed by atoms with Gasteiger partial charge in [-0.25, -0.2) is 5.48 Å². The average molecular weight is 143 g/mol. The molecule has 1 rings (SSSR count). The lowest BCUT2D eigenvalue weighted by molar-refractivity contribution is -0.132. The Bertz CT molecular complexity index is 155. The predicted molar refractivity (Wildman–Crippen MR) is 33.1 cm³/mol. The van der Waals surface area contributed by atoms with E-state index in [0.29, 0.717) is 13.0 Å². The highest BCUT2D eigenvalue weighted by Crippen LogP contribution is 2.10. The van der Waals surface area contributed by atoms with Crippen molar-refractivity contribution in [3.05, 3.63) is 12.3 Å². The fourth-order valence-electron chi connectivity index (χ4n) is 0.811. The van der Waals surface area contributed by atoms with Gasteiger partial charge in [-0.1, -0.05) is 0 Å². The van der Waals surface area contributed by atoms with Crippen molar-refractivity contribution in [3.8, 4) is 0 Å². The molecule has 1 amide bonds. The van der Waals surface area contributed by atoms with E-state index in [0.717, 1.165) is 0 Å². The van der Waals surface area contributed by atoms with Crippen molar-refractivity contribution in [2.45, 2.75) is 6.42 Å². The number of ether oxygens (including phenoxy) is 1. The molecular weight excluding hydrogens is 134 g/mol. The zero-order chi connectivity index (χ0) is 7.40. The van der Waals surface area contributed by atoms with Gasteiger partial charge in [-0.15, -0.1) is 0 Å². The molecule has 0 aromatic rings. The van der Waals surface area contributed by atoms with Crippen molar-refractivity contribution in [1.82, 2.24) is 5.48 Å². The van der Waals surface area contributed by atoms with Gasteiger partial charge in [0.15, 0.2) is 0 Å². The summed E-state index contributed by atoms with van der Waals surface area (Å²) in [5.41, 5.74) is 1.59. The van der Waals surface area contributed by atoms with Crippen molar-refractivity contribution in [2.24, 2.45) is 5.92 Å². The van der Waals surface area contributed by atoms with Gasteiger partial charge in [0.05, 0.1) is 18.8 Å². The van der Waals surface area contributed by atoms with Crippen LogP contribution < -0.4 is 5.48 Å². The number of carbonyl (C=O) groups excluding carboxylic acids is 1. The number of rotatable bonds is 1. The van der Waals surface area contributed by atoms with E-state index in [1.165, 1.54) is 6.26 Å². The second-order valence-corrected chi connectivity index (χ2v) is 2.07. The SMILES string of the molecule is O=C(NO)C1C=COCC1. The van der Waals surface area contributed by atoms with Gasteiger partial charge in [-0.3, -0.25) is 10.0 Å². The maximum Gasteiger partial charge on any atom is 0.250 e. The lowest BCUT2D eigenvalue weighted by atomic mass is 10.1. The van der Waals surface area contributed by atoms with Crippen molar-refractivity contribution >= 4 is 5.91 Å². The first-order valence-corrected chi connectivity index (χ1v) is 3.07. The molecule has 0 radical (unpaired) electrons. The van der Waals surface area contributed by atoms with Crippen molar-refractivity contribution < 1.29 is 14.7 Å². The lowest BCUT2D eigenvalue weighted by Gasteiger charge is -2.13. The van der Waals surface area contributed by atoms with Crippen LogP contribution in [0, 0.1) is 5.92 Å². The lowest BCUT2D eigenvalue weighted by Crippen LogP contribution is -2.28. The summed E-state index contributed by atoms with van der Waals surface area (Å²) in [7, 11) is 0. The number of hydroxylamine groups is 1. The highest BCUT2D eigenvalue weighted by atomic mass is 16.5. The van der Waals surface area contributed by atoms with Gasteiger partial charge in [0, 0.05) is 0 Å². The molecule has 0 aliphatic carbocycles. The summed E-state index contributed by atoms with van der Waals surface area (Å²) in [6, 6.07) is 0. The van der Waals surface area contributed by atoms with Crippen LogP contribution in [0.15, 0.2) is 12.3 Å². The standard InChI is InChI=1S/C6H9NO3/c8-6(7-9)5-1-3-10-4-2-5/h1,3,5,9H,2,4H2,(H,7,8). The summed E-state index contributed by atoms with van der Waals surface area (Å²) in [6.45, 7) is 0.536.